The zero-order valence-corrected chi connectivity index (χ0v) is 15.6. The number of carbonyl (C=O) groups excluding carboxylic acids is 1. The Bertz CT molecular complexity index is 888. The Morgan fingerprint density at radius 1 is 1.04 bits per heavy atom. The highest BCUT2D eigenvalue weighted by molar-refractivity contribution is 7.92. The molecule has 0 bridgehead atoms. The Morgan fingerprint density at radius 3 is 2.15 bits per heavy atom. The fraction of sp³-hybridized carbons (Fsp3) is 0.263. The van der Waals surface area contributed by atoms with E-state index < -0.39 is 10.0 Å². The molecular weight excluding hydrogens is 350 g/mol. The third kappa shape index (κ3) is 4.83. The average molecular weight is 371 g/mol. The first-order valence-electron chi connectivity index (χ1n) is 8.20. The van der Waals surface area contributed by atoms with Crippen molar-refractivity contribution in [2.75, 3.05) is 28.6 Å². The number of amides is 1. The van der Waals surface area contributed by atoms with Crippen LogP contribution in [-0.4, -0.2) is 33.7 Å². The van der Waals surface area contributed by atoms with E-state index in [2.05, 4.69) is 0 Å². The van der Waals surface area contributed by atoms with Gasteiger partial charge in [0.15, 0.2) is 0 Å². The van der Waals surface area contributed by atoms with Crippen molar-refractivity contribution in [3.8, 4) is 6.07 Å². The molecule has 2 aromatic rings. The third-order valence-electron chi connectivity index (χ3n) is 3.90. The van der Waals surface area contributed by atoms with E-state index in [4.69, 9.17) is 5.26 Å². The van der Waals surface area contributed by atoms with Crippen LogP contribution in [-0.2, 0) is 14.8 Å². The Kier molecular flexibility index (Phi) is 6.36. The van der Waals surface area contributed by atoms with Crippen molar-refractivity contribution in [1.82, 2.24) is 0 Å². The van der Waals surface area contributed by atoms with E-state index in [0.29, 0.717) is 17.8 Å². The van der Waals surface area contributed by atoms with Crippen molar-refractivity contribution in [2.45, 2.75) is 13.3 Å². The molecule has 0 N–H and O–H groups in total. The predicted octanol–water partition coefficient (Wildman–Crippen LogP) is 2.77. The van der Waals surface area contributed by atoms with Crippen molar-refractivity contribution >= 4 is 27.3 Å². The molecule has 0 aliphatic heterocycles. The number of nitriles is 1. The number of para-hydroxylation sites is 1. The van der Waals surface area contributed by atoms with Crippen LogP contribution in [0.2, 0.25) is 0 Å². The van der Waals surface area contributed by atoms with Crippen molar-refractivity contribution in [3.05, 3.63) is 60.2 Å². The lowest BCUT2D eigenvalue weighted by Gasteiger charge is -2.25. The standard InChI is InChI=1S/C19H21N3O3S/c1-3-21(17-7-5-4-6-8-17)19(23)13-14-22(26(2,24)25)18-11-9-16(15-20)10-12-18/h4-12H,3,13-14H2,1-2H3. The largest absolute Gasteiger partial charge is 0.313 e. The topological polar surface area (TPSA) is 81.5 Å². The van der Waals surface area contributed by atoms with Crippen molar-refractivity contribution < 1.29 is 13.2 Å². The lowest BCUT2D eigenvalue weighted by atomic mass is 10.2. The van der Waals surface area contributed by atoms with E-state index >= 15 is 0 Å². The van der Waals surface area contributed by atoms with Crippen LogP contribution >= 0.6 is 0 Å². The van der Waals surface area contributed by atoms with Crippen LogP contribution < -0.4 is 9.21 Å². The number of hydrogen-bond acceptors (Lipinski definition) is 4. The van der Waals surface area contributed by atoms with Gasteiger partial charge >= 0.3 is 0 Å². The highest BCUT2D eigenvalue weighted by atomic mass is 32.2. The minimum atomic E-state index is -3.55. The van der Waals surface area contributed by atoms with Gasteiger partial charge in [-0.1, -0.05) is 18.2 Å². The first-order valence-corrected chi connectivity index (χ1v) is 10.0. The van der Waals surface area contributed by atoms with Crippen molar-refractivity contribution in [2.24, 2.45) is 0 Å². The molecule has 26 heavy (non-hydrogen) atoms. The van der Waals surface area contributed by atoms with Crippen molar-refractivity contribution in [1.29, 1.82) is 5.26 Å². The molecule has 136 valence electrons. The van der Waals surface area contributed by atoms with E-state index in [1.54, 1.807) is 29.2 Å². The lowest BCUT2D eigenvalue weighted by Crippen LogP contribution is -2.36. The molecule has 0 fully saturated rings. The molecule has 0 aliphatic carbocycles. The van der Waals surface area contributed by atoms with Gasteiger partial charge in [-0.25, -0.2) is 8.42 Å². The number of anilines is 2. The number of sulfonamides is 1. The summed E-state index contributed by atoms with van der Waals surface area (Å²) in [6.45, 7) is 2.41. The van der Waals surface area contributed by atoms with Crippen molar-refractivity contribution in [3.63, 3.8) is 0 Å². The number of benzene rings is 2. The molecule has 0 spiro atoms. The normalized spacial score (nSPS) is 10.8. The summed E-state index contributed by atoms with van der Waals surface area (Å²) in [6.07, 6.45) is 1.15. The fourth-order valence-corrected chi connectivity index (χ4v) is 3.56. The van der Waals surface area contributed by atoms with E-state index in [-0.39, 0.29) is 18.9 Å². The maximum absolute atomic E-state index is 12.6. The second-order valence-corrected chi connectivity index (χ2v) is 7.62. The van der Waals surface area contributed by atoms with Crippen LogP contribution in [0.5, 0.6) is 0 Å². The van der Waals surface area contributed by atoms with Gasteiger partial charge in [0.25, 0.3) is 0 Å². The van der Waals surface area contributed by atoms with Gasteiger partial charge in [0, 0.05) is 25.2 Å². The summed E-state index contributed by atoms with van der Waals surface area (Å²) in [5, 5.41) is 8.87. The van der Waals surface area contributed by atoms with Gasteiger partial charge in [-0.05, 0) is 43.3 Å². The van der Waals surface area contributed by atoms with Crippen LogP contribution in [0.25, 0.3) is 0 Å². The summed E-state index contributed by atoms with van der Waals surface area (Å²) in [5.74, 6) is -0.152. The number of hydrogen-bond donors (Lipinski definition) is 0. The third-order valence-corrected chi connectivity index (χ3v) is 5.09. The first-order chi connectivity index (χ1) is 12.4. The second kappa shape index (κ2) is 8.50. The Hall–Kier alpha value is -2.85. The molecule has 6 nitrogen and oxygen atoms in total. The highest BCUT2D eigenvalue weighted by Crippen LogP contribution is 2.20. The van der Waals surface area contributed by atoms with Crippen LogP contribution in [0.4, 0.5) is 11.4 Å². The summed E-state index contributed by atoms with van der Waals surface area (Å²) < 4.78 is 25.5. The summed E-state index contributed by atoms with van der Waals surface area (Å²) >= 11 is 0. The number of carbonyl (C=O) groups is 1. The summed E-state index contributed by atoms with van der Waals surface area (Å²) in [6, 6.07) is 17.5. The maximum Gasteiger partial charge on any atom is 0.232 e. The Balaban J connectivity index is 2.16. The van der Waals surface area contributed by atoms with E-state index in [0.717, 1.165) is 11.9 Å². The van der Waals surface area contributed by atoms with Gasteiger partial charge in [0.05, 0.1) is 23.6 Å². The minimum Gasteiger partial charge on any atom is -0.313 e. The number of nitrogens with zero attached hydrogens (tertiary/aromatic N) is 3. The Morgan fingerprint density at radius 2 is 1.65 bits per heavy atom. The fourth-order valence-electron chi connectivity index (χ4n) is 2.63. The number of rotatable bonds is 7. The molecule has 1 amide bonds. The molecule has 0 aliphatic rings. The molecule has 0 saturated carbocycles. The quantitative estimate of drug-likeness (QED) is 0.749. The predicted molar refractivity (Wildman–Crippen MR) is 102 cm³/mol. The first kappa shape index (κ1) is 19.5. The monoisotopic (exact) mass is 371 g/mol. The zero-order chi connectivity index (χ0) is 19.2. The van der Waals surface area contributed by atoms with Gasteiger partial charge in [0.2, 0.25) is 15.9 Å². The van der Waals surface area contributed by atoms with Gasteiger partial charge in [0.1, 0.15) is 0 Å². The molecule has 2 rings (SSSR count). The van der Waals surface area contributed by atoms with Crippen LogP contribution in [0.15, 0.2) is 54.6 Å². The zero-order valence-electron chi connectivity index (χ0n) is 14.8. The molecule has 0 radical (unpaired) electrons. The van der Waals surface area contributed by atoms with Gasteiger partial charge in [-0.15, -0.1) is 0 Å². The van der Waals surface area contributed by atoms with E-state index in [1.807, 2.05) is 43.3 Å². The van der Waals surface area contributed by atoms with Crippen LogP contribution in [0.1, 0.15) is 18.9 Å². The average Bonchev–Trinajstić information content (AvgIpc) is 2.63. The molecule has 0 aromatic heterocycles. The minimum absolute atomic E-state index is 0.0346. The van der Waals surface area contributed by atoms with Crippen LogP contribution in [0, 0.1) is 11.3 Å². The second-order valence-electron chi connectivity index (χ2n) is 5.72. The smallest absolute Gasteiger partial charge is 0.232 e. The van der Waals surface area contributed by atoms with Crippen LogP contribution in [0.3, 0.4) is 0 Å². The SMILES string of the molecule is CCN(C(=O)CCN(c1ccc(C#N)cc1)S(C)(=O)=O)c1ccccc1. The maximum atomic E-state index is 12.6. The molecule has 0 saturated heterocycles. The van der Waals surface area contributed by atoms with E-state index in [1.165, 1.54) is 4.31 Å². The lowest BCUT2D eigenvalue weighted by molar-refractivity contribution is -0.118. The highest BCUT2D eigenvalue weighted by Gasteiger charge is 2.21. The molecule has 0 unspecified atom stereocenters. The van der Waals surface area contributed by atoms with Gasteiger partial charge in [-0.3, -0.25) is 9.10 Å². The Labute approximate surface area is 154 Å². The molecule has 7 heteroatoms. The molecule has 0 atom stereocenters. The molecule has 2 aromatic carbocycles. The summed E-state index contributed by atoms with van der Waals surface area (Å²) in [5.41, 5.74) is 1.66. The van der Waals surface area contributed by atoms with Gasteiger partial charge < -0.3 is 4.90 Å². The molecule has 0 heterocycles. The van der Waals surface area contributed by atoms with Gasteiger partial charge in [-0.2, -0.15) is 5.26 Å². The summed E-state index contributed by atoms with van der Waals surface area (Å²) in [4.78, 5) is 14.2. The molecular formula is C19H21N3O3S. The summed E-state index contributed by atoms with van der Waals surface area (Å²) in [7, 11) is -3.55. The van der Waals surface area contributed by atoms with E-state index in [9.17, 15) is 13.2 Å².